The lowest BCUT2D eigenvalue weighted by Gasteiger charge is -1.99. The minimum Gasteiger partial charge on any atom is -0.383 e. The van der Waals surface area contributed by atoms with Gasteiger partial charge in [0.1, 0.15) is 11.5 Å². The lowest BCUT2D eigenvalue weighted by molar-refractivity contribution is 0.890. The maximum atomic E-state index is 6.27. The van der Waals surface area contributed by atoms with Gasteiger partial charge in [0.05, 0.1) is 0 Å². The summed E-state index contributed by atoms with van der Waals surface area (Å²) in [5.41, 5.74) is 9.46. The molecular weight excluding hydrogens is 244 g/mol. The minimum absolute atomic E-state index is 0.748. The summed E-state index contributed by atoms with van der Waals surface area (Å²) < 4.78 is 2.12. The molecule has 0 saturated carbocycles. The van der Waals surface area contributed by atoms with E-state index in [1.807, 2.05) is 18.3 Å². The number of hydrogen-bond acceptors (Lipinski definition) is 4. The van der Waals surface area contributed by atoms with Crippen LogP contribution in [0.25, 0.3) is 16.2 Å². The van der Waals surface area contributed by atoms with Crippen LogP contribution in [0, 0.1) is 0 Å². The van der Waals surface area contributed by atoms with E-state index in [-0.39, 0.29) is 0 Å². The van der Waals surface area contributed by atoms with Gasteiger partial charge in [-0.25, -0.2) is 4.98 Å². The summed E-state index contributed by atoms with van der Waals surface area (Å²) in [7, 11) is 0. The lowest BCUT2D eigenvalue weighted by atomic mass is 10.2. The van der Waals surface area contributed by atoms with E-state index < -0.39 is 0 Å². The van der Waals surface area contributed by atoms with Gasteiger partial charge in [0, 0.05) is 28.5 Å². The smallest absolute Gasteiger partial charge is 0.196 e. The Labute approximate surface area is 108 Å². The Kier molecular flexibility index (Phi) is 1.99. The molecule has 0 aromatic carbocycles. The quantitative estimate of drug-likeness (QED) is 0.728. The Bertz CT molecular complexity index is 726. The normalized spacial score (nSPS) is 14.2. The molecule has 1 aliphatic carbocycles. The number of nitrogen functional groups attached to an aromatic ring is 1. The highest BCUT2D eigenvalue weighted by Gasteiger charge is 2.22. The second kappa shape index (κ2) is 3.55. The van der Waals surface area contributed by atoms with Crippen LogP contribution in [0.5, 0.6) is 0 Å². The third kappa shape index (κ3) is 1.25. The molecule has 0 atom stereocenters. The van der Waals surface area contributed by atoms with Crippen molar-refractivity contribution in [2.24, 2.45) is 0 Å². The molecule has 0 saturated heterocycles. The molecule has 1 aliphatic rings. The molecule has 3 aromatic heterocycles. The van der Waals surface area contributed by atoms with E-state index in [0.717, 1.165) is 28.5 Å². The highest BCUT2D eigenvalue weighted by molar-refractivity contribution is 7.17. The van der Waals surface area contributed by atoms with Gasteiger partial charge in [0.2, 0.25) is 0 Å². The fraction of sp³-hybridized carbons (Fsp3) is 0.231. The second-order valence-corrected chi connectivity index (χ2v) is 5.59. The van der Waals surface area contributed by atoms with Gasteiger partial charge in [-0.05, 0) is 31.4 Å². The number of thiazole rings is 1. The zero-order valence-corrected chi connectivity index (χ0v) is 10.6. The summed E-state index contributed by atoms with van der Waals surface area (Å²) in [6, 6.07) is 3.91. The van der Waals surface area contributed by atoms with Crippen LogP contribution in [-0.4, -0.2) is 14.4 Å². The van der Waals surface area contributed by atoms with Crippen LogP contribution in [0.4, 0.5) is 5.82 Å². The van der Waals surface area contributed by atoms with Gasteiger partial charge in [-0.15, -0.1) is 11.3 Å². The van der Waals surface area contributed by atoms with Crippen LogP contribution >= 0.6 is 11.3 Å². The van der Waals surface area contributed by atoms with Gasteiger partial charge < -0.3 is 5.73 Å². The molecule has 0 unspecified atom stereocenters. The molecule has 0 fully saturated rings. The van der Waals surface area contributed by atoms with Crippen molar-refractivity contribution in [1.29, 1.82) is 0 Å². The number of rotatable bonds is 1. The number of imidazole rings is 1. The van der Waals surface area contributed by atoms with Crippen molar-refractivity contribution >= 4 is 22.1 Å². The van der Waals surface area contributed by atoms with E-state index in [9.17, 15) is 0 Å². The van der Waals surface area contributed by atoms with Crippen molar-refractivity contribution in [3.63, 3.8) is 0 Å². The van der Waals surface area contributed by atoms with E-state index in [1.165, 1.54) is 23.4 Å². The first-order valence-electron chi connectivity index (χ1n) is 6.03. The molecule has 0 bridgehead atoms. The van der Waals surface area contributed by atoms with E-state index in [0.29, 0.717) is 0 Å². The van der Waals surface area contributed by atoms with Crippen molar-refractivity contribution in [3.8, 4) is 11.3 Å². The zero-order chi connectivity index (χ0) is 12.1. The van der Waals surface area contributed by atoms with Crippen molar-refractivity contribution in [2.75, 3.05) is 5.73 Å². The largest absolute Gasteiger partial charge is 0.383 e. The van der Waals surface area contributed by atoms with E-state index in [4.69, 9.17) is 5.73 Å². The number of aromatic nitrogens is 3. The summed E-state index contributed by atoms with van der Waals surface area (Å²) >= 11 is 1.77. The van der Waals surface area contributed by atoms with Gasteiger partial charge in [-0.3, -0.25) is 9.38 Å². The molecule has 18 heavy (non-hydrogen) atoms. The summed E-state index contributed by atoms with van der Waals surface area (Å²) in [6.45, 7) is 0. The van der Waals surface area contributed by atoms with Crippen LogP contribution in [-0.2, 0) is 12.8 Å². The number of nitrogens with two attached hydrogens (primary N) is 1. The molecule has 3 heterocycles. The monoisotopic (exact) mass is 256 g/mol. The molecule has 0 aliphatic heterocycles. The van der Waals surface area contributed by atoms with Crippen LogP contribution < -0.4 is 5.73 Å². The third-order valence-electron chi connectivity index (χ3n) is 3.44. The van der Waals surface area contributed by atoms with Gasteiger partial charge in [0.25, 0.3) is 0 Å². The number of pyridine rings is 1. The van der Waals surface area contributed by atoms with Crippen molar-refractivity contribution in [1.82, 2.24) is 14.4 Å². The molecule has 0 spiro atoms. The first kappa shape index (κ1) is 10.1. The van der Waals surface area contributed by atoms with Crippen LogP contribution in [0.3, 0.4) is 0 Å². The lowest BCUT2D eigenvalue weighted by Crippen LogP contribution is -1.96. The van der Waals surface area contributed by atoms with Gasteiger partial charge >= 0.3 is 0 Å². The molecular formula is C13H12N4S. The molecule has 4 nitrogen and oxygen atoms in total. The Morgan fingerprint density at radius 1 is 1.33 bits per heavy atom. The number of hydrogen-bond donors (Lipinski definition) is 1. The molecule has 4 rings (SSSR count). The van der Waals surface area contributed by atoms with Crippen molar-refractivity contribution in [3.05, 3.63) is 35.1 Å². The van der Waals surface area contributed by atoms with E-state index >= 15 is 0 Å². The van der Waals surface area contributed by atoms with Crippen molar-refractivity contribution in [2.45, 2.75) is 19.3 Å². The molecule has 0 radical (unpaired) electrons. The Balaban J connectivity index is 1.99. The highest BCUT2D eigenvalue weighted by atomic mass is 32.1. The van der Waals surface area contributed by atoms with Gasteiger partial charge in [-0.1, -0.05) is 0 Å². The van der Waals surface area contributed by atoms with Crippen LogP contribution in [0.15, 0.2) is 24.5 Å². The summed E-state index contributed by atoms with van der Waals surface area (Å²) in [6.07, 6.45) is 7.09. The Morgan fingerprint density at radius 2 is 2.28 bits per heavy atom. The molecule has 2 N–H and O–H groups in total. The number of nitrogens with zero attached hydrogens (tertiary/aromatic N) is 3. The number of aryl methyl sites for hydroxylation is 2. The summed E-state index contributed by atoms with van der Waals surface area (Å²) in [4.78, 5) is 11.2. The summed E-state index contributed by atoms with van der Waals surface area (Å²) in [5.74, 6) is 0.748. The first-order valence-corrected chi connectivity index (χ1v) is 6.85. The average Bonchev–Trinajstić information content (AvgIpc) is 3.02. The first-order chi connectivity index (χ1) is 8.84. The van der Waals surface area contributed by atoms with Gasteiger partial charge in [0.15, 0.2) is 4.96 Å². The predicted molar refractivity (Wildman–Crippen MR) is 72.7 cm³/mol. The maximum Gasteiger partial charge on any atom is 0.196 e. The van der Waals surface area contributed by atoms with Gasteiger partial charge in [-0.2, -0.15) is 0 Å². The highest BCUT2D eigenvalue weighted by Crippen LogP contribution is 2.36. The number of anilines is 1. The average molecular weight is 256 g/mol. The van der Waals surface area contributed by atoms with Crippen LogP contribution in [0.2, 0.25) is 0 Å². The number of fused-ring (bicyclic) bond motifs is 3. The van der Waals surface area contributed by atoms with E-state index in [1.54, 1.807) is 17.5 Å². The maximum absolute atomic E-state index is 6.27. The predicted octanol–water partition coefficient (Wildman–Crippen LogP) is 2.53. The fourth-order valence-corrected chi connectivity index (χ4v) is 3.83. The topological polar surface area (TPSA) is 56.2 Å². The molecule has 0 amide bonds. The standard InChI is InChI=1S/C13H12N4S/c14-12-11(8-3-2-6-15-7-8)16-13-17(12)9-4-1-5-10(9)18-13/h2-3,6-7H,1,4-5,14H2. The Morgan fingerprint density at radius 3 is 3.11 bits per heavy atom. The molecule has 90 valence electrons. The fourth-order valence-electron chi connectivity index (χ4n) is 2.61. The molecule has 5 heteroatoms. The SMILES string of the molecule is Nc1c(-c2cccnc2)nc2sc3c(n12)CCC3. The minimum atomic E-state index is 0.748. The zero-order valence-electron chi connectivity index (χ0n) is 9.76. The van der Waals surface area contributed by atoms with Crippen molar-refractivity contribution < 1.29 is 0 Å². The second-order valence-electron chi connectivity index (χ2n) is 4.53. The Hall–Kier alpha value is -1.88. The summed E-state index contributed by atoms with van der Waals surface area (Å²) in [5, 5.41) is 0. The van der Waals surface area contributed by atoms with E-state index in [2.05, 4.69) is 14.4 Å². The van der Waals surface area contributed by atoms with Crippen LogP contribution in [0.1, 0.15) is 17.0 Å². The third-order valence-corrected chi connectivity index (χ3v) is 4.58. The molecule has 3 aromatic rings.